The van der Waals surface area contributed by atoms with Gasteiger partial charge in [0, 0.05) is 29.6 Å². The quantitative estimate of drug-likeness (QED) is 0.265. The van der Waals surface area contributed by atoms with E-state index >= 15 is 0 Å². The van der Waals surface area contributed by atoms with Crippen molar-refractivity contribution < 1.29 is 32.4 Å². The van der Waals surface area contributed by atoms with Gasteiger partial charge >= 0.3 is 11.9 Å². The summed E-state index contributed by atoms with van der Waals surface area (Å²) in [6.07, 6.45) is 7.56. The molecule has 0 rings (SSSR count). The molecule has 2 N–H and O–H groups in total. The Morgan fingerprint density at radius 2 is 1.24 bits per heavy atom. The van der Waals surface area contributed by atoms with Crippen LogP contribution in [0.5, 0.6) is 0 Å². The molecule has 145 valence electrons. The summed E-state index contributed by atoms with van der Waals surface area (Å²) in [5, 5.41) is 15.8. The van der Waals surface area contributed by atoms with Crippen LogP contribution in [0.3, 0.4) is 0 Å². The Labute approximate surface area is 173 Å². The summed E-state index contributed by atoms with van der Waals surface area (Å²) in [5.74, 6) is -1.97. The zero-order valence-corrected chi connectivity index (χ0v) is 18.6. The number of rotatable bonds is 14. The van der Waals surface area contributed by atoms with E-state index in [1.807, 2.05) is 0 Å². The molecule has 1 radical (unpaired) electrons. The summed E-state index contributed by atoms with van der Waals surface area (Å²) >= 11 is 0. The van der Waals surface area contributed by atoms with Gasteiger partial charge in [-0.1, -0.05) is 52.4 Å². The van der Waals surface area contributed by atoms with E-state index in [4.69, 9.17) is 14.4 Å². The van der Waals surface area contributed by atoms with Gasteiger partial charge in [-0.15, -0.1) is 0 Å². The first-order valence-corrected chi connectivity index (χ1v) is 10.1. The minimum Gasteiger partial charge on any atom is -0.481 e. The molecule has 0 bridgehead atoms. The number of hydrogen-bond donors (Lipinski definition) is 2. The first-order chi connectivity index (χ1) is 11.2. The van der Waals surface area contributed by atoms with Crippen molar-refractivity contribution in [2.45, 2.75) is 78.1 Å². The molecule has 0 heterocycles. The second-order valence-electron chi connectivity index (χ2n) is 5.49. The van der Waals surface area contributed by atoms with Gasteiger partial charge in [0.15, 0.2) is 0 Å². The maximum Gasteiger partial charge on any atom is 0.303 e. The molecule has 7 nitrogen and oxygen atoms in total. The summed E-state index contributed by atoms with van der Waals surface area (Å²) < 4.78 is 27.7. The number of carbonyl (C=O) groups is 2. The molecular weight excluding hydrogens is 359 g/mol. The molecule has 0 aliphatic heterocycles. The second kappa shape index (κ2) is 20.2. The molecule has 0 unspecified atom stereocenters. The van der Waals surface area contributed by atoms with E-state index in [0.29, 0.717) is 6.61 Å². The van der Waals surface area contributed by atoms with Crippen molar-refractivity contribution in [3.05, 3.63) is 0 Å². The van der Waals surface area contributed by atoms with E-state index in [1.54, 1.807) is 0 Å². The molecule has 0 atom stereocenters. The molecule has 0 aromatic carbocycles. The third kappa shape index (κ3) is 28.9. The van der Waals surface area contributed by atoms with Gasteiger partial charge < -0.3 is 10.2 Å². The maximum absolute atomic E-state index is 11.4. The van der Waals surface area contributed by atoms with Gasteiger partial charge in [-0.3, -0.25) is 13.8 Å². The maximum atomic E-state index is 11.4. The van der Waals surface area contributed by atoms with Gasteiger partial charge in [0.05, 0.1) is 25.2 Å². The summed E-state index contributed by atoms with van der Waals surface area (Å²) in [4.78, 5) is 19.3. The fraction of sp³-hybridized carbons (Fsp3) is 0.875. The molecule has 0 fully saturated rings. The number of unbranched alkanes of at least 4 members (excludes halogenated alkanes) is 6. The van der Waals surface area contributed by atoms with Crippen LogP contribution in [-0.4, -0.2) is 72.5 Å². The molecule has 9 heteroatoms. The molecular formula is C16H32NaO7S. The second-order valence-corrected chi connectivity index (χ2v) is 7.25. The van der Waals surface area contributed by atoms with Crippen molar-refractivity contribution in [1.82, 2.24) is 0 Å². The van der Waals surface area contributed by atoms with Crippen molar-refractivity contribution in [1.29, 1.82) is 0 Å². The fourth-order valence-electron chi connectivity index (χ4n) is 1.69. The van der Waals surface area contributed by atoms with Crippen LogP contribution in [0.2, 0.25) is 0 Å². The molecule has 25 heavy (non-hydrogen) atoms. The standard InChI is InChI=1S/C12H26O3S.C4H6O4.Na/c1-3-5-7-9-11-15-16(13,14)12-10-8-6-4-2;5-3(6)1-2-4(7)8;/h3-12H2,1-2H3;1-2H2,(H,5,6)(H,7,8);. The Morgan fingerprint density at radius 1 is 0.800 bits per heavy atom. The number of carboxylic acid groups (broad SMARTS) is 2. The third-order valence-electron chi connectivity index (χ3n) is 3.06. The Balaban J connectivity index is -0.000000457. The predicted octanol–water partition coefficient (Wildman–Crippen LogP) is 3.05. The zero-order valence-electron chi connectivity index (χ0n) is 15.8. The molecule has 0 aliphatic rings. The van der Waals surface area contributed by atoms with Crippen molar-refractivity contribution >= 4 is 51.6 Å². The Kier molecular flexibility index (Phi) is 23.9. The van der Waals surface area contributed by atoms with Gasteiger partial charge in [0.1, 0.15) is 0 Å². The largest absolute Gasteiger partial charge is 0.481 e. The van der Waals surface area contributed by atoms with E-state index < -0.39 is 22.1 Å². The monoisotopic (exact) mass is 391 g/mol. The number of hydrogen-bond acceptors (Lipinski definition) is 5. The molecule has 0 saturated carbocycles. The van der Waals surface area contributed by atoms with Gasteiger partial charge in [-0.25, -0.2) is 0 Å². The molecule has 0 aromatic heterocycles. The SMILES string of the molecule is CCCCCCOS(=O)(=O)CCCCCC.O=C(O)CCC(=O)O.[Na]. The van der Waals surface area contributed by atoms with Crippen molar-refractivity contribution in [3.63, 3.8) is 0 Å². The average molecular weight is 391 g/mol. The van der Waals surface area contributed by atoms with Crippen LogP contribution in [-0.2, 0) is 23.9 Å². The van der Waals surface area contributed by atoms with Crippen LogP contribution < -0.4 is 0 Å². The summed E-state index contributed by atoms with van der Waals surface area (Å²) in [5.41, 5.74) is 0. The van der Waals surface area contributed by atoms with Gasteiger partial charge in [-0.2, -0.15) is 8.42 Å². The van der Waals surface area contributed by atoms with Gasteiger partial charge in [0.25, 0.3) is 10.1 Å². The van der Waals surface area contributed by atoms with Crippen LogP contribution in [0.1, 0.15) is 78.1 Å². The van der Waals surface area contributed by atoms with Gasteiger partial charge in [0.2, 0.25) is 0 Å². The van der Waals surface area contributed by atoms with Crippen LogP contribution in [0.25, 0.3) is 0 Å². The minimum atomic E-state index is -3.25. The fourth-order valence-corrected chi connectivity index (χ4v) is 2.74. The summed E-state index contributed by atoms with van der Waals surface area (Å²) in [6, 6.07) is 0. The predicted molar refractivity (Wildman–Crippen MR) is 98.3 cm³/mol. The first kappa shape index (κ1) is 29.6. The third-order valence-corrected chi connectivity index (χ3v) is 4.38. The molecule has 0 aromatic rings. The molecule has 0 spiro atoms. The Hall–Kier alpha value is -0.150. The molecule has 0 saturated heterocycles. The Bertz CT molecular complexity index is 410. The number of aliphatic carboxylic acids is 2. The van der Waals surface area contributed by atoms with Crippen LogP contribution in [0.15, 0.2) is 0 Å². The number of carboxylic acids is 2. The van der Waals surface area contributed by atoms with Crippen molar-refractivity contribution in [3.8, 4) is 0 Å². The average Bonchev–Trinajstić information content (AvgIpc) is 2.50. The smallest absolute Gasteiger partial charge is 0.303 e. The van der Waals surface area contributed by atoms with Crippen LogP contribution >= 0.6 is 0 Å². The molecule has 0 amide bonds. The normalized spacial score (nSPS) is 10.3. The van der Waals surface area contributed by atoms with E-state index in [2.05, 4.69) is 13.8 Å². The van der Waals surface area contributed by atoms with E-state index in [0.717, 1.165) is 51.4 Å². The van der Waals surface area contributed by atoms with Crippen LogP contribution in [0.4, 0.5) is 0 Å². The zero-order chi connectivity index (χ0) is 18.8. The Morgan fingerprint density at radius 3 is 1.64 bits per heavy atom. The van der Waals surface area contributed by atoms with Crippen molar-refractivity contribution in [2.24, 2.45) is 0 Å². The summed E-state index contributed by atoms with van der Waals surface area (Å²) in [7, 11) is -3.25. The van der Waals surface area contributed by atoms with Crippen LogP contribution in [0, 0.1) is 0 Å². The van der Waals surface area contributed by atoms with Gasteiger partial charge in [-0.05, 0) is 12.8 Å². The van der Waals surface area contributed by atoms with E-state index in [9.17, 15) is 18.0 Å². The topological polar surface area (TPSA) is 118 Å². The first-order valence-electron chi connectivity index (χ1n) is 8.55. The van der Waals surface area contributed by atoms with E-state index in [1.165, 1.54) is 0 Å². The molecule has 0 aliphatic carbocycles. The summed E-state index contributed by atoms with van der Waals surface area (Å²) in [6.45, 7) is 4.60. The van der Waals surface area contributed by atoms with Crippen molar-refractivity contribution in [2.75, 3.05) is 12.4 Å². The van der Waals surface area contributed by atoms with E-state index in [-0.39, 0.29) is 48.2 Å². The minimum absolute atomic E-state index is 0.